The fourth-order valence-electron chi connectivity index (χ4n) is 2.83. The van der Waals surface area contributed by atoms with Gasteiger partial charge in [-0.3, -0.25) is 9.58 Å². The van der Waals surface area contributed by atoms with Crippen LogP contribution in [0.5, 0.6) is 0 Å². The third-order valence-corrected chi connectivity index (χ3v) is 3.94. The van der Waals surface area contributed by atoms with Crippen LogP contribution in [0.15, 0.2) is 39.7 Å². The van der Waals surface area contributed by atoms with E-state index >= 15 is 0 Å². The predicted molar refractivity (Wildman–Crippen MR) is 84.0 cm³/mol. The Bertz CT molecular complexity index is 779. The standard InChI is InChI=1S/C16H19N5O3/c1-12-7-17-21(8-12)10-13-9-20(4-6-22-13)11-15-18-16(19-24-15)14-3-2-5-23-14/h2-3,5,7-8,13H,4,6,9-11H2,1H3/t13-/m0/s1. The van der Waals surface area contributed by atoms with Gasteiger partial charge >= 0.3 is 0 Å². The van der Waals surface area contributed by atoms with Crippen LogP contribution in [0.2, 0.25) is 0 Å². The molecule has 0 amide bonds. The van der Waals surface area contributed by atoms with Crippen molar-refractivity contribution in [1.82, 2.24) is 24.8 Å². The SMILES string of the molecule is Cc1cnn(C[C@@H]2CN(Cc3nc(-c4ccco4)no3)CCO2)c1. The van der Waals surface area contributed by atoms with Gasteiger partial charge in [-0.2, -0.15) is 10.1 Å². The summed E-state index contributed by atoms with van der Waals surface area (Å²) in [5.41, 5.74) is 1.15. The Kier molecular flexibility index (Phi) is 4.14. The van der Waals surface area contributed by atoms with Gasteiger partial charge in [-0.25, -0.2) is 0 Å². The van der Waals surface area contributed by atoms with Crippen molar-refractivity contribution in [2.24, 2.45) is 0 Å². The molecule has 0 aromatic carbocycles. The molecule has 1 fully saturated rings. The van der Waals surface area contributed by atoms with Crippen LogP contribution in [0.1, 0.15) is 11.5 Å². The average molecular weight is 329 g/mol. The summed E-state index contributed by atoms with van der Waals surface area (Å²) in [6, 6.07) is 3.61. The highest BCUT2D eigenvalue weighted by atomic mass is 16.5. The van der Waals surface area contributed by atoms with E-state index in [1.54, 1.807) is 12.3 Å². The zero-order valence-corrected chi connectivity index (χ0v) is 13.5. The lowest BCUT2D eigenvalue weighted by Gasteiger charge is -2.31. The van der Waals surface area contributed by atoms with Crippen molar-refractivity contribution >= 4 is 0 Å². The fraction of sp³-hybridized carbons (Fsp3) is 0.438. The maximum Gasteiger partial charge on any atom is 0.241 e. The van der Waals surface area contributed by atoms with Gasteiger partial charge in [0.2, 0.25) is 11.7 Å². The second-order valence-electron chi connectivity index (χ2n) is 5.96. The zero-order chi connectivity index (χ0) is 16.4. The van der Waals surface area contributed by atoms with Crippen LogP contribution in [0.25, 0.3) is 11.6 Å². The summed E-state index contributed by atoms with van der Waals surface area (Å²) in [5, 5.41) is 8.28. The molecule has 8 nitrogen and oxygen atoms in total. The summed E-state index contributed by atoms with van der Waals surface area (Å²) in [6.45, 7) is 5.70. The minimum absolute atomic E-state index is 0.102. The number of rotatable bonds is 5. The Labute approximate surface area is 139 Å². The van der Waals surface area contributed by atoms with E-state index in [1.165, 1.54) is 0 Å². The third kappa shape index (κ3) is 3.39. The number of ether oxygens (including phenoxy) is 1. The van der Waals surface area contributed by atoms with Crippen molar-refractivity contribution in [3.05, 3.63) is 42.2 Å². The van der Waals surface area contributed by atoms with Crippen LogP contribution >= 0.6 is 0 Å². The van der Waals surface area contributed by atoms with E-state index in [0.29, 0.717) is 30.6 Å². The van der Waals surface area contributed by atoms with Gasteiger partial charge < -0.3 is 13.7 Å². The van der Waals surface area contributed by atoms with Crippen molar-refractivity contribution in [3.8, 4) is 11.6 Å². The van der Waals surface area contributed by atoms with Crippen molar-refractivity contribution in [1.29, 1.82) is 0 Å². The molecule has 1 saturated heterocycles. The van der Waals surface area contributed by atoms with Crippen LogP contribution in [-0.4, -0.2) is 50.6 Å². The van der Waals surface area contributed by atoms with Gasteiger partial charge in [-0.1, -0.05) is 5.16 Å². The van der Waals surface area contributed by atoms with E-state index < -0.39 is 0 Å². The molecule has 0 radical (unpaired) electrons. The summed E-state index contributed by atoms with van der Waals surface area (Å²) < 4.78 is 18.4. The van der Waals surface area contributed by atoms with E-state index in [9.17, 15) is 0 Å². The molecule has 126 valence electrons. The highest BCUT2D eigenvalue weighted by Gasteiger charge is 2.23. The molecule has 0 unspecified atom stereocenters. The summed E-state index contributed by atoms with van der Waals surface area (Å²) >= 11 is 0. The first kappa shape index (κ1) is 15.1. The monoisotopic (exact) mass is 329 g/mol. The Morgan fingerprint density at radius 2 is 2.33 bits per heavy atom. The Balaban J connectivity index is 1.36. The second kappa shape index (κ2) is 6.58. The first-order chi connectivity index (χ1) is 11.8. The number of furan rings is 1. The molecule has 0 aliphatic carbocycles. The van der Waals surface area contributed by atoms with Gasteiger partial charge in [0.25, 0.3) is 0 Å². The molecule has 8 heteroatoms. The Morgan fingerprint density at radius 1 is 1.38 bits per heavy atom. The number of hydrogen-bond acceptors (Lipinski definition) is 7. The summed E-state index contributed by atoms with van der Waals surface area (Å²) in [5.74, 6) is 1.67. The average Bonchev–Trinajstić information content (AvgIpc) is 3.29. The highest BCUT2D eigenvalue weighted by Crippen LogP contribution is 2.17. The van der Waals surface area contributed by atoms with E-state index in [4.69, 9.17) is 13.7 Å². The van der Waals surface area contributed by atoms with Crippen molar-refractivity contribution < 1.29 is 13.7 Å². The summed E-state index contributed by atoms with van der Waals surface area (Å²) in [4.78, 5) is 6.64. The lowest BCUT2D eigenvalue weighted by molar-refractivity contribution is -0.0426. The lowest BCUT2D eigenvalue weighted by atomic mass is 10.2. The lowest BCUT2D eigenvalue weighted by Crippen LogP contribution is -2.43. The molecule has 3 aromatic heterocycles. The van der Waals surface area contributed by atoms with Crippen LogP contribution in [0.4, 0.5) is 0 Å². The minimum atomic E-state index is 0.102. The maximum atomic E-state index is 5.84. The largest absolute Gasteiger partial charge is 0.461 e. The van der Waals surface area contributed by atoms with Crippen molar-refractivity contribution in [2.45, 2.75) is 26.1 Å². The van der Waals surface area contributed by atoms with Gasteiger partial charge in [-0.15, -0.1) is 0 Å². The predicted octanol–water partition coefficient (Wildman–Crippen LogP) is 1.74. The molecule has 1 aliphatic rings. The van der Waals surface area contributed by atoms with E-state index in [0.717, 1.165) is 25.2 Å². The smallest absolute Gasteiger partial charge is 0.241 e. The molecule has 3 aromatic rings. The Morgan fingerprint density at radius 3 is 3.12 bits per heavy atom. The summed E-state index contributed by atoms with van der Waals surface area (Å²) in [7, 11) is 0. The highest BCUT2D eigenvalue weighted by molar-refractivity contribution is 5.44. The number of morpholine rings is 1. The van der Waals surface area contributed by atoms with Gasteiger partial charge in [0.1, 0.15) is 0 Å². The zero-order valence-electron chi connectivity index (χ0n) is 13.5. The first-order valence-electron chi connectivity index (χ1n) is 7.96. The minimum Gasteiger partial charge on any atom is -0.461 e. The first-order valence-corrected chi connectivity index (χ1v) is 7.96. The molecule has 0 N–H and O–H groups in total. The quantitative estimate of drug-likeness (QED) is 0.705. The number of aromatic nitrogens is 4. The van der Waals surface area contributed by atoms with Crippen LogP contribution < -0.4 is 0 Å². The molecule has 24 heavy (non-hydrogen) atoms. The normalized spacial score (nSPS) is 19.0. The van der Waals surface area contributed by atoms with E-state index in [1.807, 2.05) is 30.1 Å². The molecule has 4 rings (SSSR count). The van der Waals surface area contributed by atoms with Crippen LogP contribution in [0.3, 0.4) is 0 Å². The number of nitrogens with zero attached hydrogens (tertiary/aromatic N) is 5. The van der Waals surface area contributed by atoms with E-state index in [-0.39, 0.29) is 6.10 Å². The molecular formula is C16H19N5O3. The molecule has 0 saturated carbocycles. The molecule has 4 heterocycles. The third-order valence-electron chi connectivity index (χ3n) is 3.94. The topological polar surface area (TPSA) is 82.4 Å². The molecule has 0 bridgehead atoms. The molecule has 1 atom stereocenters. The second-order valence-corrected chi connectivity index (χ2v) is 5.96. The van der Waals surface area contributed by atoms with Crippen LogP contribution in [0, 0.1) is 6.92 Å². The number of hydrogen-bond donors (Lipinski definition) is 0. The van der Waals surface area contributed by atoms with Crippen molar-refractivity contribution in [3.63, 3.8) is 0 Å². The molecular weight excluding hydrogens is 310 g/mol. The van der Waals surface area contributed by atoms with Gasteiger partial charge in [-0.05, 0) is 24.6 Å². The van der Waals surface area contributed by atoms with Gasteiger partial charge in [0.05, 0.1) is 38.3 Å². The maximum absolute atomic E-state index is 5.84. The fourth-order valence-corrected chi connectivity index (χ4v) is 2.83. The van der Waals surface area contributed by atoms with Gasteiger partial charge in [0.15, 0.2) is 5.76 Å². The summed E-state index contributed by atoms with van der Waals surface area (Å²) in [6.07, 6.45) is 5.57. The van der Waals surface area contributed by atoms with E-state index in [2.05, 4.69) is 20.1 Å². The van der Waals surface area contributed by atoms with Crippen LogP contribution in [-0.2, 0) is 17.8 Å². The number of aryl methyl sites for hydroxylation is 1. The van der Waals surface area contributed by atoms with Gasteiger partial charge in [0, 0.05) is 19.3 Å². The van der Waals surface area contributed by atoms with Crippen molar-refractivity contribution in [2.75, 3.05) is 19.7 Å². The Hall–Kier alpha value is -2.45. The molecule has 1 aliphatic heterocycles. The molecule has 0 spiro atoms.